The molecule has 1 N–H and O–H groups in total. The molecule has 2 heteroatoms. The van der Waals surface area contributed by atoms with Gasteiger partial charge < -0.3 is 5.32 Å². The molecule has 1 unspecified atom stereocenters. The second kappa shape index (κ2) is 6.50. The van der Waals surface area contributed by atoms with Gasteiger partial charge in [0.2, 0.25) is 0 Å². The summed E-state index contributed by atoms with van der Waals surface area (Å²) in [5.41, 5.74) is 1.29. The molecule has 0 bridgehead atoms. The summed E-state index contributed by atoms with van der Waals surface area (Å²) in [5, 5.41) is 6.17. The van der Waals surface area contributed by atoms with Crippen LogP contribution in [0.4, 0.5) is 0 Å². The van der Waals surface area contributed by atoms with Gasteiger partial charge in [0.15, 0.2) is 0 Å². The first-order chi connectivity index (χ1) is 8.85. The van der Waals surface area contributed by atoms with Crippen molar-refractivity contribution in [2.75, 3.05) is 0 Å². The molecule has 0 radical (unpaired) electrons. The molecule has 0 amide bonds. The highest BCUT2D eigenvalue weighted by atomic mass is 14.9. The van der Waals surface area contributed by atoms with Crippen LogP contribution in [0.2, 0.25) is 0 Å². The first kappa shape index (κ1) is 13.0. The predicted molar refractivity (Wildman–Crippen MR) is 77.6 cm³/mol. The van der Waals surface area contributed by atoms with Crippen LogP contribution >= 0.6 is 0 Å². The van der Waals surface area contributed by atoms with Gasteiger partial charge in [-0.2, -0.15) is 0 Å². The Morgan fingerprint density at radius 2 is 2.00 bits per heavy atom. The average Bonchev–Trinajstić information content (AvgIpc) is 2.43. The molecule has 1 atom stereocenters. The SMILES string of the molecule is CCCC(CC)NCc1cncc2ccccc12. The Kier molecular flexibility index (Phi) is 4.71. The molecule has 0 fully saturated rings. The maximum Gasteiger partial charge on any atom is 0.0346 e. The van der Waals surface area contributed by atoms with Crippen molar-refractivity contribution in [3.05, 3.63) is 42.2 Å². The predicted octanol–water partition coefficient (Wildman–Crippen LogP) is 3.90. The van der Waals surface area contributed by atoms with Gasteiger partial charge >= 0.3 is 0 Å². The molecule has 1 aromatic carbocycles. The molecule has 2 nitrogen and oxygen atoms in total. The molecule has 0 saturated heterocycles. The van der Waals surface area contributed by atoms with E-state index in [0.717, 1.165) is 6.54 Å². The lowest BCUT2D eigenvalue weighted by Gasteiger charge is -2.16. The van der Waals surface area contributed by atoms with E-state index in [0.29, 0.717) is 6.04 Å². The summed E-state index contributed by atoms with van der Waals surface area (Å²) < 4.78 is 0. The van der Waals surface area contributed by atoms with Crippen LogP contribution in [0, 0.1) is 0 Å². The largest absolute Gasteiger partial charge is 0.310 e. The molecular formula is C16H22N2. The minimum absolute atomic E-state index is 0.619. The zero-order valence-electron chi connectivity index (χ0n) is 11.3. The Labute approximate surface area is 109 Å². The lowest BCUT2D eigenvalue weighted by Crippen LogP contribution is -2.27. The Morgan fingerprint density at radius 3 is 2.78 bits per heavy atom. The maximum absolute atomic E-state index is 4.32. The van der Waals surface area contributed by atoms with E-state index in [9.17, 15) is 0 Å². The van der Waals surface area contributed by atoms with Crippen molar-refractivity contribution < 1.29 is 0 Å². The first-order valence-electron chi connectivity index (χ1n) is 6.90. The van der Waals surface area contributed by atoms with E-state index < -0.39 is 0 Å². The summed E-state index contributed by atoms with van der Waals surface area (Å²) in [6.07, 6.45) is 7.58. The summed E-state index contributed by atoms with van der Waals surface area (Å²) in [6, 6.07) is 9.07. The molecule has 0 spiro atoms. The van der Waals surface area contributed by atoms with Crippen LogP contribution in [0.25, 0.3) is 10.8 Å². The van der Waals surface area contributed by atoms with Gasteiger partial charge in [0, 0.05) is 30.4 Å². The van der Waals surface area contributed by atoms with E-state index in [4.69, 9.17) is 0 Å². The van der Waals surface area contributed by atoms with E-state index in [2.05, 4.69) is 48.4 Å². The van der Waals surface area contributed by atoms with Crippen molar-refractivity contribution in [2.24, 2.45) is 0 Å². The second-order valence-corrected chi connectivity index (χ2v) is 4.79. The van der Waals surface area contributed by atoms with Gasteiger partial charge in [-0.25, -0.2) is 0 Å². The van der Waals surface area contributed by atoms with Gasteiger partial charge in [0.1, 0.15) is 0 Å². The minimum Gasteiger partial charge on any atom is -0.310 e. The number of hydrogen-bond acceptors (Lipinski definition) is 2. The van der Waals surface area contributed by atoms with Crippen molar-refractivity contribution in [2.45, 2.75) is 45.7 Å². The highest BCUT2D eigenvalue weighted by Gasteiger charge is 2.06. The number of rotatable bonds is 6. The maximum atomic E-state index is 4.32. The standard InChI is InChI=1S/C16H22N2/c1-3-7-15(4-2)18-12-14-11-17-10-13-8-5-6-9-16(13)14/h5-6,8-11,15,18H,3-4,7,12H2,1-2H3. The van der Waals surface area contributed by atoms with Crippen molar-refractivity contribution in [3.63, 3.8) is 0 Å². The van der Waals surface area contributed by atoms with Crippen LogP contribution in [0.3, 0.4) is 0 Å². The normalized spacial score (nSPS) is 12.8. The van der Waals surface area contributed by atoms with Crippen molar-refractivity contribution in [3.8, 4) is 0 Å². The molecule has 1 heterocycles. The third-order valence-electron chi connectivity index (χ3n) is 3.46. The van der Waals surface area contributed by atoms with Crippen LogP contribution in [0.5, 0.6) is 0 Å². The van der Waals surface area contributed by atoms with E-state index in [1.54, 1.807) is 0 Å². The number of benzene rings is 1. The zero-order chi connectivity index (χ0) is 12.8. The number of aromatic nitrogens is 1. The van der Waals surface area contributed by atoms with Crippen LogP contribution < -0.4 is 5.32 Å². The summed E-state index contributed by atoms with van der Waals surface area (Å²) in [5.74, 6) is 0. The zero-order valence-corrected chi connectivity index (χ0v) is 11.3. The molecule has 18 heavy (non-hydrogen) atoms. The molecular weight excluding hydrogens is 220 g/mol. The van der Waals surface area contributed by atoms with Crippen LogP contribution in [0.1, 0.15) is 38.7 Å². The molecule has 2 rings (SSSR count). The van der Waals surface area contributed by atoms with Crippen molar-refractivity contribution >= 4 is 10.8 Å². The molecule has 1 aromatic heterocycles. The Morgan fingerprint density at radius 1 is 1.17 bits per heavy atom. The number of hydrogen-bond donors (Lipinski definition) is 1. The van der Waals surface area contributed by atoms with Crippen molar-refractivity contribution in [1.82, 2.24) is 10.3 Å². The topological polar surface area (TPSA) is 24.9 Å². The van der Waals surface area contributed by atoms with E-state index >= 15 is 0 Å². The summed E-state index contributed by atoms with van der Waals surface area (Å²) >= 11 is 0. The monoisotopic (exact) mass is 242 g/mol. The smallest absolute Gasteiger partial charge is 0.0346 e. The fourth-order valence-corrected chi connectivity index (χ4v) is 2.37. The quantitative estimate of drug-likeness (QED) is 0.831. The second-order valence-electron chi connectivity index (χ2n) is 4.79. The van der Waals surface area contributed by atoms with Crippen LogP contribution in [-0.4, -0.2) is 11.0 Å². The third kappa shape index (κ3) is 3.08. The number of nitrogens with one attached hydrogen (secondary N) is 1. The summed E-state index contributed by atoms with van der Waals surface area (Å²) in [7, 11) is 0. The highest BCUT2D eigenvalue weighted by molar-refractivity contribution is 5.84. The summed E-state index contributed by atoms with van der Waals surface area (Å²) in [6.45, 7) is 5.39. The molecule has 0 saturated carbocycles. The fraction of sp³-hybridized carbons (Fsp3) is 0.438. The number of nitrogens with zero attached hydrogens (tertiary/aromatic N) is 1. The molecule has 0 aliphatic carbocycles. The molecule has 0 aliphatic heterocycles. The number of pyridine rings is 1. The van der Waals surface area contributed by atoms with Gasteiger partial charge in [-0.05, 0) is 23.8 Å². The van der Waals surface area contributed by atoms with Crippen LogP contribution in [-0.2, 0) is 6.54 Å². The lowest BCUT2D eigenvalue weighted by molar-refractivity contribution is 0.463. The van der Waals surface area contributed by atoms with Crippen LogP contribution in [0.15, 0.2) is 36.7 Å². The molecule has 96 valence electrons. The van der Waals surface area contributed by atoms with Gasteiger partial charge in [-0.3, -0.25) is 4.98 Å². The third-order valence-corrected chi connectivity index (χ3v) is 3.46. The van der Waals surface area contributed by atoms with Gasteiger partial charge in [-0.1, -0.05) is 44.5 Å². The summed E-state index contributed by atoms with van der Waals surface area (Å²) in [4.78, 5) is 4.32. The van der Waals surface area contributed by atoms with Gasteiger partial charge in [-0.15, -0.1) is 0 Å². The fourth-order valence-electron chi connectivity index (χ4n) is 2.37. The van der Waals surface area contributed by atoms with E-state index in [-0.39, 0.29) is 0 Å². The van der Waals surface area contributed by atoms with Crippen molar-refractivity contribution in [1.29, 1.82) is 0 Å². The lowest BCUT2D eigenvalue weighted by atomic mass is 10.1. The van der Waals surface area contributed by atoms with Gasteiger partial charge in [0.25, 0.3) is 0 Å². The number of fused-ring (bicyclic) bond motifs is 1. The highest BCUT2D eigenvalue weighted by Crippen LogP contribution is 2.17. The first-order valence-corrected chi connectivity index (χ1v) is 6.90. The Bertz CT molecular complexity index is 488. The van der Waals surface area contributed by atoms with E-state index in [1.807, 2.05) is 12.4 Å². The minimum atomic E-state index is 0.619. The Hall–Kier alpha value is -1.41. The molecule has 0 aliphatic rings. The van der Waals surface area contributed by atoms with E-state index in [1.165, 1.54) is 35.6 Å². The van der Waals surface area contributed by atoms with Gasteiger partial charge in [0.05, 0.1) is 0 Å². The Balaban J connectivity index is 2.11. The average molecular weight is 242 g/mol. The molecule has 2 aromatic rings.